The van der Waals surface area contributed by atoms with Crippen LogP contribution < -0.4 is 5.73 Å². The van der Waals surface area contributed by atoms with E-state index in [1.807, 2.05) is 0 Å². The van der Waals surface area contributed by atoms with E-state index in [1.54, 1.807) is 6.92 Å². The number of hydrogen-bond acceptors (Lipinski definition) is 5. The van der Waals surface area contributed by atoms with Crippen molar-refractivity contribution in [2.45, 2.75) is 25.8 Å². The molecular formula is C12H18N2O4. The monoisotopic (exact) mass is 254 g/mol. The Morgan fingerprint density at radius 1 is 1.56 bits per heavy atom. The number of rotatable bonds is 6. The van der Waals surface area contributed by atoms with Crippen LogP contribution in [-0.2, 0) is 11.2 Å². The van der Waals surface area contributed by atoms with Gasteiger partial charge in [0.2, 0.25) is 0 Å². The first-order valence-electron chi connectivity index (χ1n) is 5.67. The van der Waals surface area contributed by atoms with Crippen LogP contribution in [-0.4, -0.2) is 38.9 Å². The lowest BCUT2D eigenvalue weighted by Gasteiger charge is -2.16. The molecule has 5 N–H and O–H groups in total. The molecule has 0 aliphatic heterocycles. The van der Waals surface area contributed by atoms with E-state index >= 15 is 0 Å². The number of nitrogens with two attached hydrogens (primary N) is 1. The molecular weight excluding hydrogens is 236 g/mol. The summed E-state index contributed by atoms with van der Waals surface area (Å²) in [5.74, 6) is -1.63. The molecule has 0 aliphatic rings. The number of nitrogens with zero attached hydrogens (tertiary/aromatic N) is 1. The largest absolute Gasteiger partial charge is 0.506 e. The van der Waals surface area contributed by atoms with E-state index < -0.39 is 17.9 Å². The molecule has 0 saturated heterocycles. The minimum absolute atomic E-state index is 0.0445. The zero-order valence-electron chi connectivity index (χ0n) is 10.2. The van der Waals surface area contributed by atoms with Gasteiger partial charge in [-0.1, -0.05) is 0 Å². The van der Waals surface area contributed by atoms with Crippen LogP contribution in [0.15, 0.2) is 12.3 Å². The summed E-state index contributed by atoms with van der Waals surface area (Å²) in [6.45, 7) is 1.41. The molecule has 100 valence electrons. The Bertz CT molecular complexity index is 423. The molecule has 18 heavy (non-hydrogen) atoms. The van der Waals surface area contributed by atoms with Crippen LogP contribution in [0, 0.1) is 12.8 Å². The summed E-state index contributed by atoms with van der Waals surface area (Å²) in [5.41, 5.74) is 6.67. The quantitative estimate of drug-likeness (QED) is 0.570. The number of carboxylic acids is 1. The van der Waals surface area contributed by atoms with E-state index in [-0.39, 0.29) is 25.2 Å². The summed E-state index contributed by atoms with van der Waals surface area (Å²) >= 11 is 0. The fraction of sp³-hybridized carbons (Fsp3) is 0.500. The van der Waals surface area contributed by atoms with Crippen LogP contribution in [0.2, 0.25) is 0 Å². The second-order valence-electron chi connectivity index (χ2n) is 4.37. The predicted octanol–water partition coefficient (Wildman–Crippen LogP) is 0.0486. The van der Waals surface area contributed by atoms with Crippen molar-refractivity contribution in [3.05, 3.63) is 23.5 Å². The lowest BCUT2D eigenvalue weighted by atomic mass is 9.94. The Morgan fingerprint density at radius 3 is 2.72 bits per heavy atom. The number of carbonyl (C=O) groups is 1. The van der Waals surface area contributed by atoms with Gasteiger partial charge in [0.25, 0.3) is 0 Å². The van der Waals surface area contributed by atoms with Gasteiger partial charge in [0.05, 0.1) is 18.2 Å². The van der Waals surface area contributed by atoms with Gasteiger partial charge in [0.15, 0.2) is 0 Å². The van der Waals surface area contributed by atoms with E-state index in [4.69, 9.17) is 15.9 Å². The summed E-state index contributed by atoms with van der Waals surface area (Å²) in [4.78, 5) is 15.1. The van der Waals surface area contributed by atoms with Gasteiger partial charge < -0.3 is 21.1 Å². The molecule has 1 aromatic heterocycles. The van der Waals surface area contributed by atoms with Gasteiger partial charge in [-0.2, -0.15) is 0 Å². The van der Waals surface area contributed by atoms with Crippen LogP contribution in [0.3, 0.4) is 0 Å². The van der Waals surface area contributed by atoms with Gasteiger partial charge in [0.1, 0.15) is 5.75 Å². The van der Waals surface area contributed by atoms with E-state index in [1.165, 1.54) is 12.3 Å². The zero-order valence-corrected chi connectivity index (χ0v) is 10.2. The average Bonchev–Trinajstić information content (AvgIpc) is 2.32. The van der Waals surface area contributed by atoms with Crippen molar-refractivity contribution in [1.29, 1.82) is 0 Å². The number of aromatic nitrogens is 1. The number of aromatic hydroxyl groups is 1. The normalized spacial score (nSPS) is 14.2. The standard InChI is InChI=1S/C12H18N2O4/c1-7-11(16)3-8(5-14-7)2-9(12(17)18)4-10(13)6-15/h3,5,9-10,15-16H,2,4,6,13H2,1H3,(H,17,18). The number of aliphatic carboxylic acids is 1. The molecule has 1 aromatic rings. The van der Waals surface area contributed by atoms with Crippen molar-refractivity contribution in [2.24, 2.45) is 11.7 Å². The molecule has 0 aliphatic carbocycles. The molecule has 2 atom stereocenters. The van der Waals surface area contributed by atoms with Crippen molar-refractivity contribution in [3.63, 3.8) is 0 Å². The molecule has 1 heterocycles. The number of aliphatic hydroxyl groups excluding tert-OH is 1. The molecule has 1 rings (SSSR count). The first kappa shape index (κ1) is 14.4. The summed E-state index contributed by atoms with van der Waals surface area (Å²) in [7, 11) is 0. The molecule has 0 saturated carbocycles. The molecule has 0 amide bonds. The number of pyridine rings is 1. The summed E-state index contributed by atoms with van der Waals surface area (Å²) in [5, 5.41) is 27.4. The Hall–Kier alpha value is -1.66. The molecule has 6 heteroatoms. The SMILES string of the molecule is Cc1ncc(CC(CC(N)CO)C(=O)O)cc1O. The van der Waals surface area contributed by atoms with Crippen molar-refractivity contribution in [1.82, 2.24) is 4.98 Å². The van der Waals surface area contributed by atoms with Gasteiger partial charge in [0, 0.05) is 12.2 Å². The Labute approximate surface area is 105 Å². The molecule has 0 spiro atoms. The fourth-order valence-electron chi connectivity index (χ4n) is 1.67. The van der Waals surface area contributed by atoms with Crippen molar-refractivity contribution in [2.75, 3.05) is 6.61 Å². The van der Waals surface area contributed by atoms with Crippen LogP contribution in [0.5, 0.6) is 5.75 Å². The third-order valence-corrected chi connectivity index (χ3v) is 2.77. The predicted molar refractivity (Wildman–Crippen MR) is 65.1 cm³/mol. The second-order valence-corrected chi connectivity index (χ2v) is 4.37. The summed E-state index contributed by atoms with van der Waals surface area (Å²) in [6.07, 6.45) is 1.94. The molecule has 6 nitrogen and oxygen atoms in total. The van der Waals surface area contributed by atoms with Crippen molar-refractivity contribution in [3.8, 4) is 5.75 Å². The smallest absolute Gasteiger partial charge is 0.306 e. The second kappa shape index (κ2) is 6.32. The molecule has 0 bridgehead atoms. The number of hydrogen-bond donors (Lipinski definition) is 4. The highest BCUT2D eigenvalue weighted by Gasteiger charge is 2.21. The average molecular weight is 254 g/mol. The van der Waals surface area contributed by atoms with E-state index in [9.17, 15) is 9.90 Å². The minimum Gasteiger partial charge on any atom is -0.506 e. The maximum Gasteiger partial charge on any atom is 0.306 e. The van der Waals surface area contributed by atoms with Gasteiger partial charge >= 0.3 is 5.97 Å². The van der Waals surface area contributed by atoms with Gasteiger partial charge in [-0.25, -0.2) is 0 Å². The Kier molecular flexibility index (Phi) is 5.06. The fourth-order valence-corrected chi connectivity index (χ4v) is 1.67. The first-order valence-corrected chi connectivity index (χ1v) is 5.67. The summed E-state index contributed by atoms with van der Waals surface area (Å²) in [6, 6.07) is 0.945. The third kappa shape index (κ3) is 3.97. The van der Waals surface area contributed by atoms with E-state index in [2.05, 4.69) is 4.98 Å². The Balaban J connectivity index is 2.76. The first-order chi connectivity index (χ1) is 8.43. The third-order valence-electron chi connectivity index (χ3n) is 2.77. The number of aliphatic hydroxyl groups is 1. The van der Waals surface area contributed by atoms with E-state index in [0.29, 0.717) is 11.3 Å². The molecule has 0 aromatic carbocycles. The Morgan fingerprint density at radius 2 is 2.22 bits per heavy atom. The van der Waals surface area contributed by atoms with Crippen LogP contribution in [0.4, 0.5) is 0 Å². The highest BCUT2D eigenvalue weighted by Crippen LogP contribution is 2.19. The van der Waals surface area contributed by atoms with Gasteiger partial charge in [-0.15, -0.1) is 0 Å². The van der Waals surface area contributed by atoms with Crippen molar-refractivity contribution < 1.29 is 20.1 Å². The number of carboxylic acid groups (broad SMARTS) is 1. The lowest BCUT2D eigenvalue weighted by Crippen LogP contribution is -2.31. The van der Waals surface area contributed by atoms with Gasteiger partial charge in [-0.3, -0.25) is 9.78 Å². The maximum atomic E-state index is 11.1. The van der Waals surface area contributed by atoms with Gasteiger partial charge in [-0.05, 0) is 31.4 Å². The van der Waals surface area contributed by atoms with Crippen LogP contribution >= 0.6 is 0 Å². The maximum absolute atomic E-state index is 11.1. The van der Waals surface area contributed by atoms with Crippen molar-refractivity contribution >= 4 is 5.97 Å². The molecule has 0 fully saturated rings. The van der Waals surface area contributed by atoms with Crippen LogP contribution in [0.25, 0.3) is 0 Å². The number of aryl methyl sites for hydroxylation is 1. The highest BCUT2D eigenvalue weighted by atomic mass is 16.4. The lowest BCUT2D eigenvalue weighted by molar-refractivity contribution is -0.142. The highest BCUT2D eigenvalue weighted by molar-refractivity contribution is 5.70. The zero-order chi connectivity index (χ0) is 13.7. The summed E-state index contributed by atoms with van der Waals surface area (Å²) < 4.78 is 0. The molecule has 0 radical (unpaired) electrons. The molecule has 2 unspecified atom stereocenters. The van der Waals surface area contributed by atoms with Crippen LogP contribution in [0.1, 0.15) is 17.7 Å². The minimum atomic E-state index is -0.973. The van der Waals surface area contributed by atoms with E-state index in [0.717, 1.165) is 0 Å². The topological polar surface area (TPSA) is 117 Å².